The maximum absolute atomic E-state index is 9.12. The molecule has 0 aliphatic carbocycles. The van der Waals surface area contributed by atoms with Gasteiger partial charge < -0.3 is 0 Å². The standard InChI is InChI=1S/C13H11N3/c14-10-12(13-7-4-8-15-16-13)9-11-5-2-1-3-6-11/h1-8,12H,9H2. The van der Waals surface area contributed by atoms with Crippen LogP contribution in [0.5, 0.6) is 0 Å². The molecule has 3 heteroatoms. The van der Waals surface area contributed by atoms with E-state index in [0.29, 0.717) is 6.42 Å². The van der Waals surface area contributed by atoms with Gasteiger partial charge in [0.25, 0.3) is 0 Å². The van der Waals surface area contributed by atoms with Crippen molar-refractivity contribution in [3.8, 4) is 6.07 Å². The van der Waals surface area contributed by atoms with E-state index >= 15 is 0 Å². The minimum Gasteiger partial charge on any atom is -0.198 e. The molecule has 0 saturated carbocycles. The van der Waals surface area contributed by atoms with Crippen LogP contribution in [0.1, 0.15) is 17.2 Å². The quantitative estimate of drug-likeness (QED) is 0.779. The van der Waals surface area contributed by atoms with Gasteiger partial charge in [-0.1, -0.05) is 30.3 Å². The summed E-state index contributed by atoms with van der Waals surface area (Å²) < 4.78 is 0. The van der Waals surface area contributed by atoms with Gasteiger partial charge in [0.05, 0.1) is 17.7 Å². The SMILES string of the molecule is N#CC(Cc1ccccc1)c1cccnn1. The van der Waals surface area contributed by atoms with E-state index in [9.17, 15) is 0 Å². The summed E-state index contributed by atoms with van der Waals surface area (Å²) in [7, 11) is 0. The van der Waals surface area contributed by atoms with E-state index in [4.69, 9.17) is 5.26 Å². The highest BCUT2D eigenvalue weighted by molar-refractivity contribution is 5.23. The lowest BCUT2D eigenvalue weighted by Crippen LogP contribution is -2.03. The van der Waals surface area contributed by atoms with Gasteiger partial charge >= 0.3 is 0 Å². The molecule has 2 rings (SSSR count). The third kappa shape index (κ3) is 2.43. The van der Waals surface area contributed by atoms with Gasteiger partial charge in [-0.25, -0.2) is 0 Å². The van der Waals surface area contributed by atoms with E-state index in [1.807, 2.05) is 36.4 Å². The van der Waals surface area contributed by atoms with Crippen LogP contribution in [0.3, 0.4) is 0 Å². The summed E-state index contributed by atoms with van der Waals surface area (Å²) in [5.74, 6) is -0.226. The van der Waals surface area contributed by atoms with Crippen molar-refractivity contribution in [3.63, 3.8) is 0 Å². The van der Waals surface area contributed by atoms with Crippen LogP contribution < -0.4 is 0 Å². The third-order valence-electron chi connectivity index (χ3n) is 2.39. The van der Waals surface area contributed by atoms with Crippen molar-refractivity contribution < 1.29 is 0 Å². The van der Waals surface area contributed by atoms with Crippen LogP contribution in [0.2, 0.25) is 0 Å². The lowest BCUT2D eigenvalue weighted by Gasteiger charge is -2.07. The van der Waals surface area contributed by atoms with E-state index < -0.39 is 0 Å². The zero-order valence-corrected chi connectivity index (χ0v) is 8.74. The molecule has 1 unspecified atom stereocenters. The van der Waals surface area contributed by atoms with Gasteiger partial charge in [-0.2, -0.15) is 15.5 Å². The minimum absolute atomic E-state index is 0.226. The number of benzene rings is 1. The molecule has 0 N–H and O–H groups in total. The predicted octanol–water partition coefficient (Wildman–Crippen LogP) is 2.33. The Morgan fingerprint density at radius 2 is 1.94 bits per heavy atom. The highest BCUT2D eigenvalue weighted by Gasteiger charge is 2.12. The molecule has 2 aromatic rings. The van der Waals surface area contributed by atoms with Crippen molar-refractivity contribution >= 4 is 0 Å². The average Bonchev–Trinajstić information content (AvgIpc) is 2.38. The highest BCUT2D eigenvalue weighted by Crippen LogP contribution is 2.17. The van der Waals surface area contributed by atoms with Gasteiger partial charge in [0, 0.05) is 6.20 Å². The molecule has 0 aliphatic heterocycles. The Kier molecular flexibility index (Phi) is 3.25. The lowest BCUT2D eigenvalue weighted by molar-refractivity contribution is 0.782. The average molecular weight is 209 g/mol. The van der Waals surface area contributed by atoms with Crippen LogP contribution in [0, 0.1) is 11.3 Å². The van der Waals surface area contributed by atoms with Crippen molar-refractivity contribution in [2.75, 3.05) is 0 Å². The van der Waals surface area contributed by atoms with Crippen molar-refractivity contribution in [3.05, 3.63) is 59.9 Å². The molecule has 0 radical (unpaired) electrons. The summed E-state index contributed by atoms with van der Waals surface area (Å²) in [5.41, 5.74) is 1.87. The number of rotatable bonds is 3. The molecule has 0 saturated heterocycles. The molecule has 16 heavy (non-hydrogen) atoms. The molecule has 0 aliphatic rings. The fourth-order valence-corrected chi connectivity index (χ4v) is 1.57. The van der Waals surface area contributed by atoms with Crippen molar-refractivity contribution in [1.82, 2.24) is 10.2 Å². The summed E-state index contributed by atoms with van der Waals surface area (Å²) in [6, 6.07) is 15.8. The van der Waals surface area contributed by atoms with Gasteiger partial charge in [-0.3, -0.25) is 0 Å². The largest absolute Gasteiger partial charge is 0.198 e. The van der Waals surface area contributed by atoms with Crippen LogP contribution in [0.15, 0.2) is 48.7 Å². The van der Waals surface area contributed by atoms with Crippen LogP contribution in [0.25, 0.3) is 0 Å². The van der Waals surface area contributed by atoms with Gasteiger partial charge in [-0.15, -0.1) is 0 Å². The smallest absolute Gasteiger partial charge is 0.0943 e. The van der Waals surface area contributed by atoms with Crippen molar-refractivity contribution in [2.24, 2.45) is 0 Å². The molecule has 1 aromatic carbocycles. The highest BCUT2D eigenvalue weighted by atomic mass is 15.1. The molecule has 0 amide bonds. The van der Waals surface area contributed by atoms with Gasteiger partial charge in [0.1, 0.15) is 0 Å². The summed E-state index contributed by atoms with van der Waals surface area (Å²) in [6.07, 6.45) is 2.29. The van der Waals surface area contributed by atoms with Crippen LogP contribution in [-0.4, -0.2) is 10.2 Å². The number of nitriles is 1. The van der Waals surface area contributed by atoms with E-state index in [1.165, 1.54) is 0 Å². The first-order valence-electron chi connectivity index (χ1n) is 5.11. The molecule has 1 heterocycles. The number of hydrogen-bond acceptors (Lipinski definition) is 3. The summed E-state index contributed by atoms with van der Waals surface area (Å²) in [6.45, 7) is 0. The molecule has 1 aromatic heterocycles. The van der Waals surface area contributed by atoms with Crippen LogP contribution in [-0.2, 0) is 6.42 Å². The van der Waals surface area contributed by atoms with E-state index in [0.717, 1.165) is 11.3 Å². The number of hydrogen-bond donors (Lipinski definition) is 0. The number of nitrogens with zero attached hydrogens (tertiary/aromatic N) is 3. The Labute approximate surface area is 94.4 Å². The maximum atomic E-state index is 9.12. The maximum Gasteiger partial charge on any atom is 0.0943 e. The van der Waals surface area contributed by atoms with E-state index in [2.05, 4.69) is 16.3 Å². The fraction of sp³-hybridized carbons (Fsp3) is 0.154. The molecule has 0 spiro atoms. The minimum atomic E-state index is -0.226. The summed E-state index contributed by atoms with van der Waals surface area (Å²) in [5, 5.41) is 16.9. The predicted molar refractivity (Wildman–Crippen MR) is 60.5 cm³/mol. The second-order valence-electron chi connectivity index (χ2n) is 3.52. The van der Waals surface area contributed by atoms with Gasteiger partial charge in [-0.05, 0) is 24.1 Å². The van der Waals surface area contributed by atoms with Gasteiger partial charge in [0.15, 0.2) is 0 Å². The van der Waals surface area contributed by atoms with Crippen LogP contribution >= 0.6 is 0 Å². The Bertz CT molecular complexity index is 474. The summed E-state index contributed by atoms with van der Waals surface area (Å²) >= 11 is 0. The molecular weight excluding hydrogens is 198 g/mol. The Morgan fingerprint density at radius 1 is 1.12 bits per heavy atom. The van der Waals surface area contributed by atoms with E-state index in [1.54, 1.807) is 12.3 Å². The first kappa shape index (κ1) is 10.3. The second-order valence-corrected chi connectivity index (χ2v) is 3.52. The second kappa shape index (κ2) is 5.04. The first-order chi connectivity index (χ1) is 7.90. The normalized spacial score (nSPS) is 11.7. The topological polar surface area (TPSA) is 49.6 Å². The van der Waals surface area contributed by atoms with Crippen molar-refractivity contribution in [1.29, 1.82) is 5.26 Å². The Morgan fingerprint density at radius 3 is 2.56 bits per heavy atom. The zero-order valence-electron chi connectivity index (χ0n) is 8.74. The molecule has 1 atom stereocenters. The fourth-order valence-electron chi connectivity index (χ4n) is 1.57. The third-order valence-corrected chi connectivity index (χ3v) is 2.39. The summed E-state index contributed by atoms with van der Waals surface area (Å²) in [4.78, 5) is 0. The monoisotopic (exact) mass is 209 g/mol. The molecular formula is C13H11N3. The molecule has 0 bridgehead atoms. The number of aromatic nitrogens is 2. The molecule has 0 fully saturated rings. The lowest BCUT2D eigenvalue weighted by atomic mass is 9.97. The first-order valence-corrected chi connectivity index (χ1v) is 5.11. The van der Waals surface area contributed by atoms with Crippen LogP contribution in [0.4, 0.5) is 0 Å². The molecule has 78 valence electrons. The van der Waals surface area contributed by atoms with Crippen molar-refractivity contribution in [2.45, 2.75) is 12.3 Å². The Balaban J connectivity index is 2.17. The molecule has 3 nitrogen and oxygen atoms in total. The Hall–Kier alpha value is -2.21. The van der Waals surface area contributed by atoms with Gasteiger partial charge in [0.2, 0.25) is 0 Å². The zero-order chi connectivity index (χ0) is 11.2. The van der Waals surface area contributed by atoms with E-state index in [-0.39, 0.29) is 5.92 Å².